The van der Waals surface area contributed by atoms with E-state index in [1.807, 2.05) is 12.1 Å². The van der Waals surface area contributed by atoms with Crippen LogP contribution < -0.4 is 10.6 Å². The number of rotatable bonds is 6. The van der Waals surface area contributed by atoms with Crippen molar-refractivity contribution in [3.8, 4) is 0 Å². The highest BCUT2D eigenvalue weighted by Crippen LogP contribution is 2.03. The summed E-state index contributed by atoms with van der Waals surface area (Å²) in [6, 6.07) is 6.97. The number of carbonyl (C=O) groups is 2. The van der Waals surface area contributed by atoms with E-state index in [0.29, 0.717) is 24.2 Å². The fraction of sp³-hybridized carbons (Fsp3) is 0.125. The molecule has 6 nitrogen and oxygen atoms in total. The SMILES string of the molecule is C=CCNC(=O)c1cncc(C(=O)NCc2ccccn2)c1. The maximum Gasteiger partial charge on any atom is 0.253 e. The van der Waals surface area contributed by atoms with E-state index in [4.69, 9.17) is 0 Å². The quantitative estimate of drug-likeness (QED) is 0.788. The van der Waals surface area contributed by atoms with E-state index in [9.17, 15) is 9.59 Å². The van der Waals surface area contributed by atoms with Gasteiger partial charge in [-0.25, -0.2) is 0 Å². The van der Waals surface area contributed by atoms with Gasteiger partial charge in [-0.05, 0) is 18.2 Å². The van der Waals surface area contributed by atoms with E-state index in [0.717, 1.165) is 5.69 Å². The first-order valence-electron chi connectivity index (χ1n) is 6.73. The third-order valence-corrected chi connectivity index (χ3v) is 2.83. The summed E-state index contributed by atoms with van der Waals surface area (Å²) in [6.07, 6.45) is 6.06. The zero-order valence-corrected chi connectivity index (χ0v) is 12.0. The summed E-state index contributed by atoms with van der Waals surface area (Å²) in [5.74, 6) is -0.608. The first-order valence-corrected chi connectivity index (χ1v) is 6.73. The average Bonchev–Trinajstić information content (AvgIpc) is 2.58. The molecule has 0 bridgehead atoms. The van der Waals surface area contributed by atoms with E-state index >= 15 is 0 Å². The summed E-state index contributed by atoms with van der Waals surface area (Å²) in [7, 11) is 0. The van der Waals surface area contributed by atoms with Gasteiger partial charge < -0.3 is 10.6 Å². The second kappa shape index (κ2) is 7.68. The van der Waals surface area contributed by atoms with Crippen LogP contribution in [-0.4, -0.2) is 28.3 Å². The lowest BCUT2D eigenvalue weighted by Gasteiger charge is -2.06. The van der Waals surface area contributed by atoms with Crippen LogP contribution >= 0.6 is 0 Å². The smallest absolute Gasteiger partial charge is 0.253 e. The van der Waals surface area contributed by atoms with Crippen molar-refractivity contribution in [3.05, 3.63) is 72.3 Å². The third kappa shape index (κ3) is 4.24. The molecule has 0 aliphatic heterocycles. The summed E-state index contributed by atoms with van der Waals surface area (Å²) in [5.41, 5.74) is 1.40. The Morgan fingerprint density at radius 3 is 2.50 bits per heavy atom. The van der Waals surface area contributed by atoms with Crippen LogP contribution in [0.3, 0.4) is 0 Å². The van der Waals surface area contributed by atoms with Crippen molar-refractivity contribution in [2.45, 2.75) is 6.54 Å². The summed E-state index contributed by atoms with van der Waals surface area (Å²) in [6.45, 7) is 4.19. The molecular weight excluding hydrogens is 280 g/mol. The molecule has 6 heteroatoms. The van der Waals surface area contributed by atoms with Crippen LogP contribution in [0.1, 0.15) is 26.4 Å². The van der Waals surface area contributed by atoms with Gasteiger partial charge in [-0.15, -0.1) is 6.58 Å². The molecule has 0 unspecified atom stereocenters. The minimum Gasteiger partial charge on any atom is -0.349 e. The lowest BCUT2D eigenvalue weighted by molar-refractivity contribution is 0.0950. The highest BCUT2D eigenvalue weighted by atomic mass is 16.2. The van der Waals surface area contributed by atoms with Gasteiger partial charge in [0.1, 0.15) is 0 Å². The first kappa shape index (κ1) is 15.4. The topological polar surface area (TPSA) is 84.0 Å². The van der Waals surface area contributed by atoms with Gasteiger partial charge >= 0.3 is 0 Å². The molecule has 0 saturated carbocycles. The van der Waals surface area contributed by atoms with Crippen LogP contribution in [0, 0.1) is 0 Å². The van der Waals surface area contributed by atoms with Crippen molar-refractivity contribution in [2.75, 3.05) is 6.54 Å². The predicted octanol–water partition coefficient (Wildman–Crippen LogP) is 1.32. The van der Waals surface area contributed by atoms with Crippen LogP contribution in [-0.2, 0) is 6.54 Å². The molecule has 0 atom stereocenters. The number of hydrogen-bond donors (Lipinski definition) is 2. The Hall–Kier alpha value is -3.02. The molecule has 0 saturated heterocycles. The third-order valence-electron chi connectivity index (χ3n) is 2.83. The summed E-state index contributed by atoms with van der Waals surface area (Å²) >= 11 is 0. The predicted molar refractivity (Wildman–Crippen MR) is 82.2 cm³/mol. The highest BCUT2D eigenvalue weighted by molar-refractivity contribution is 5.99. The largest absolute Gasteiger partial charge is 0.349 e. The molecule has 0 aliphatic rings. The zero-order chi connectivity index (χ0) is 15.8. The number of aromatic nitrogens is 2. The molecule has 2 aromatic heterocycles. The Balaban J connectivity index is 2.00. The Morgan fingerprint density at radius 2 is 1.86 bits per heavy atom. The average molecular weight is 296 g/mol. The Morgan fingerprint density at radius 1 is 1.14 bits per heavy atom. The minimum absolute atomic E-state index is 0.299. The van der Waals surface area contributed by atoms with E-state index in [1.54, 1.807) is 18.3 Å². The van der Waals surface area contributed by atoms with E-state index in [-0.39, 0.29) is 11.8 Å². The van der Waals surface area contributed by atoms with Gasteiger partial charge in [-0.1, -0.05) is 12.1 Å². The Bertz CT molecular complexity index is 671. The summed E-state index contributed by atoms with van der Waals surface area (Å²) in [5, 5.41) is 5.37. The van der Waals surface area contributed by atoms with E-state index in [2.05, 4.69) is 27.2 Å². The van der Waals surface area contributed by atoms with Crippen LogP contribution in [0.4, 0.5) is 0 Å². The van der Waals surface area contributed by atoms with E-state index in [1.165, 1.54) is 18.5 Å². The second-order valence-corrected chi connectivity index (χ2v) is 4.46. The molecule has 2 aromatic rings. The number of pyridine rings is 2. The Kier molecular flexibility index (Phi) is 5.37. The minimum atomic E-state index is -0.309. The molecule has 2 amide bonds. The van der Waals surface area contributed by atoms with Crippen LogP contribution in [0.5, 0.6) is 0 Å². The fourth-order valence-corrected chi connectivity index (χ4v) is 1.73. The standard InChI is InChI=1S/C16H16N4O2/c1-2-6-19-15(21)12-8-13(10-17-9-12)16(22)20-11-14-5-3-4-7-18-14/h2-5,7-10H,1,6,11H2,(H,19,21)(H,20,22). The van der Waals surface area contributed by atoms with Gasteiger partial charge in [0, 0.05) is 25.1 Å². The number of hydrogen-bond acceptors (Lipinski definition) is 4. The molecule has 112 valence electrons. The highest BCUT2D eigenvalue weighted by Gasteiger charge is 2.10. The van der Waals surface area contributed by atoms with Crippen LogP contribution in [0.25, 0.3) is 0 Å². The fourth-order valence-electron chi connectivity index (χ4n) is 1.73. The van der Waals surface area contributed by atoms with Crippen LogP contribution in [0.15, 0.2) is 55.5 Å². The number of carbonyl (C=O) groups excluding carboxylic acids is 2. The van der Waals surface area contributed by atoms with Crippen LogP contribution in [0.2, 0.25) is 0 Å². The molecule has 22 heavy (non-hydrogen) atoms. The summed E-state index contributed by atoms with van der Waals surface area (Å²) < 4.78 is 0. The molecule has 0 aliphatic carbocycles. The van der Waals surface area contributed by atoms with Gasteiger partial charge in [-0.3, -0.25) is 19.6 Å². The van der Waals surface area contributed by atoms with Gasteiger partial charge in [0.25, 0.3) is 11.8 Å². The molecule has 0 aromatic carbocycles. The van der Waals surface area contributed by atoms with Crippen molar-refractivity contribution in [1.82, 2.24) is 20.6 Å². The number of nitrogens with one attached hydrogen (secondary N) is 2. The second-order valence-electron chi connectivity index (χ2n) is 4.46. The van der Waals surface area contributed by atoms with Crippen molar-refractivity contribution in [2.24, 2.45) is 0 Å². The van der Waals surface area contributed by atoms with Crippen molar-refractivity contribution in [1.29, 1.82) is 0 Å². The maximum absolute atomic E-state index is 12.1. The first-order chi connectivity index (χ1) is 10.7. The molecular formula is C16H16N4O2. The molecule has 0 fully saturated rings. The van der Waals surface area contributed by atoms with Crippen molar-refractivity contribution >= 4 is 11.8 Å². The Labute approximate surface area is 128 Å². The van der Waals surface area contributed by atoms with Gasteiger partial charge in [0.15, 0.2) is 0 Å². The lowest BCUT2D eigenvalue weighted by atomic mass is 10.2. The monoisotopic (exact) mass is 296 g/mol. The molecule has 2 rings (SSSR count). The maximum atomic E-state index is 12.1. The summed E-state index contributed by atoms with van der Waals surface area (Å²) in [4.78, 5) is 31.9. The van der Waals surface area contributed by atoms with E-state index < -0.39 is 0 Å². The zero-order valence-electron chi connectivity index (χ0n) is 12.0. The molecule has 2 heterocycles. The molecule has 0 spiro atoms. The molecule has 2 N–H and O–H groups in total. The van der Waals surface area contributed by atoms with Crippen molar-refractivity contribution in [3.63, 3.8) is 0 Å². The van der Waals surface area contributed by atoms with Gasteiger partial charge in [-0.2, -0.15) is 0 Å². The lowest BCUT2D eigenvalue weighted by Crippen LogP contribution is -2.26. The normalized spacial score (nSPS) is 9.82. The van der Waals surface area contributed by atoms with Gasteiger partial charge in [0.2, 0.25) is 0 Å². The van der Waals surface area contributed by atoms with Crippen molar-refractivity contribution < 1.29 is 9.59 Å². The number of amides is 2. The molecule has 0 radical (unpaired) electrons. The van der Waals surface area contributed by atoms with Gasteiger partial charge in [0.05, 0.1) is 23.4 Å². The number of nitrogens with zero attached hydrogens (tertiary/aromatic N) is 2.